The van der Waals surface area contributed by atoms with E-state index in [1.165, 1.54) is 18.4 Å². The third-order valence-electron chi connectivity index (χ3n) is 4.08. The summed E-state index contributed by atoms with van der Waals surface area (Å²) < 4.78 is 26.2. The SMILES string of the molecule is CCNC(=NCc1ccccc1S(=O)(=O)N(C)C)NCCc1cccc(Cl)c1. The molecule has 2 rings (SSSR count). The summed E-state index contributed by atoms with van der Waals surface area (Å²) in [4.78, 5) is 4.83. The summed E-state index contributed by atoms with van der Waals surface area (Å²) in [6.07, 6.45) is 0.802. The predicted molar refractivity (Wildman–Crippen MR) is 115 cm³/mol. The summed E-state index contributed by atoms with van der Waals surface area (Å²) in [5.74, 6) is 0.640. The zero-order valence-electron chi connectivity index (χ0n) is 16.4. The van der Waals surface area contributed by atoms with Crippen molar-refractivity contribution < 1.29 is 8.42 Å². The van der Waals surface area contributed by atoms with Crippen LogP contribution in [-0.2, 0) is 23.0 Å². The van der Waals surface area contributed by atoms with Gasteiger partial charge in [-0.1, -0.05) is 41.9 Å². The molecule has 8 heteroatoms. The molecule has 0 aliphatic carbocycles. The maximum Gasteiger partial charge on any atom is 0.242 e. The van der Waals surface area contributed by atoms with Crippen LogP contribution in [0.3, 0.4) is 0 Å². The van der Waals surface area contributed by atoms with Crippen molar-refractivity contribution in [1.82, 2.24) is 14.9 Å². The highest BCUT2D eigenvalue weighted by atomic mass is 35.5. The number of hydrogen-bond donors (Lipinski definition) is 2. The normalized spacial score (nSPS) is 12.2. The highest BCUT2D eigenvalue weighted by molar-refractivity contribution is 7.89. The van der Waals surface area contributed by atoms with E-state index in [1.54, 1.807) is 18.2 Å². The maximum absolute atomic E-state index is 12.5. The van der Waals surface area contributed by atoms with Crippen LogP contribution in [-0.4, -0.2) is 45.9 Å². The third-order valence-corrected chi connectivity index (χ3v) is 6.23. The first-order valence-electron chi connectivity index (χ1n) is 9.11. The van der Waals surface area contributed by atoms with Gasteiger partial charge in [0.05, 0.1) is 11.4 Å². The average molecular weight is 423 g/mol. The van der Waals surface area contributed by atoms with Crippen LogP contribution in [0.5, 0.6) is 0 Å². The predicted octanol–water partition coefficient (Wildman–Crippen LogP) is 2.89. The topological polar surface area (TPSA) is 73.8 Å². The number of nitrogens with one attached hydrogen (secondary N) is 2. The van der Waals surface area contributed by atoms with Gasteiger partial charge in [0.2, 0.25) is 10.0 Å². The molecule has 0 heterocycles. The summed E-state index contributed by atoms with van der Waals surface area (Å²) in [7, 11) is -0.465. The summed E-state index contributed by atoms with van der Waals surface area (Å²) in [5.41, 5.74) is 1.79. The minimum Gasteiger partial charge on any atom is -0.357 e. The number of nitrogens with zero attached hydrogens (tertiary/aromatic N) is 2. The fourth-order valence-electron chi connectivity index (χ4n) is 2.61. The fourth-order valence-corrected chi connectivity index (χ4v) is 3.93. The lowest BCUT2D eigenvalue weighted by Crippen LogP contribution is -2.38. The maximum atomic E-state index is 12.5. The van der Waals surface area contributed by atoms with Crippen molar-refractivity contribution in [3.05, 3.63) is 64.7 Å². The third kappa shape index (κ3) is 6.22. The molecule has 2 aromatic carbocycles. The van der Waals surface area contributed by atoms with Crippen molar-refractivity contribution in [2.45, 2.75) is 24.8 Å². The number of aliphatic imine (C=N–C) groups is 1. The molecule has 0 unspecified atom stereocenters. The molecule has 0 saturated carbocycles. The van der Waals surface area contributed by atoms with Crippen molar-refractivity contribution in [3.8, 4) is 0 Å². The van der Waals surface area contributed by atoms with E-state index in [9.17, 15) is 8.42 Å². The fraction of sp³-hybridized carbons (Fsp3) is 0.350. The summed E-state index contributed by atoms with van der Waals surface area (Å²) in [5, 5.41) is 7.18. The van der Waals surface area contributed by atoms with Crippen LogP contribution in [0.15, 0.2) is 58.4 Å². The Morgan fingerprint density at radius 3 is 2.54 bits per heavy atom. The number of hydrogen-bond acceptors (Lipinski definition) is 3. The molecule has 0 amide bonds. The van der Waals surface area contributed by atoms with E-state index in [2.05, 4.69) is 15.6 Å². The van der Waals surface area contributed by atoms with Gasteiger partial charge < -0.3 is 10.6 Å². The zero-order chi connectivity index (χ0) is 20.6. The first-order valence-corrected chi connectivity index (χ1v) is 10.9. The molecule has 2 aromatic rings. The van der Waals surface area contributed by atoms with Crippen LogP contribution in [0.25, 0.3) is 0 Å². The molecule has 0 aliphatic rings. The molecule has 0 radical (unpaired) electrons. The van der Waals surface area contributed by atoms with Crippen LogP contribution >= 0.6 is 11.6 Å². The quantitative estimate of drug-likeness (QED) is 0.506. The van der Waals surface area contributed by atoms with Gasteiger partial charge in [0.15, 0.2) is 5.96 Å². The van der Waals surface area contributed by atoms with Gasteiger partial charge in [-0.2, -0.15) is 0 Å². The first kappa shape index (κ1) is 22.2. The molecule has 6 nitrogen and oxygen atoms in total. The molecule has 0 fully saturated rings. The number of benzene rings is 2. The van der Waals surface area contributed by atoms with Gasteiger partial charge in [-0.25, -0.2) is 17.7 Å². The smallest absolute Gasteiger partial charge is 0.242 e. The monoisotopic (exact) mass is 422 g/mol. The Morgan fingerprint density at radius 2 is 1.86 bits per heavy atom. The summed E-state index contributed by atoms with van der Waals surface area (Å²) >= 11 is 6.02. The van der Waals surface area contributed by atoms with Gasteiger partial charge in [0.25, 0.3) is 0 Å². The summed E-state index contributed by atoms with van der Waals surface area (Å²) in [6, 6.07) is 14.7. The van der Waals surface area contributed by atoms with Gasteiger partial charge in [-0.15, -0.1) is 0 Å². The second-order valence-corrected chi connectivity index (χ2v) is 8.95. The molecule has 152 valence electrons. The van der Waals surface area contributed by atoms with E-state index in [0.717, 1.165) is 17.0 Å². The molecule has 0 spiro atoms. The highest BCUT2D eigenvalue weighted by Crippen LogP contribution is 2.19. The molecule has 0 aliphatic heterocycles. The molecule has 2 N–H and O–H groups in total. The highest BCUT2D eigenvalue weighted by Gasteiger charge is 2.20. The Labute approximate surface area is 172 Å². The van der Waals surface area contributed by atoms with Crippen LogP contribution in [0, 0.1) is 0 Å². The zero-order valence-corrected chi connectivity index (χ0v) is 18.0. The molecule has 0 bridgehead atoms. The van der Waals surface area contributed by atoms with Crippen LogP contribution < -0.4 is 10.6 Å². The van der Waals surface area contributed by atoms with E-state index in [0.29, 0.717) is 24.6 Å². The minimum absolute atomic E-state index is 0.260. The molecular weight excluding hydrogens is 396 g/mol. The Morgan fingerprint density at radius 1 is 1.11 bits per heavy atom. The molecule has 0 aromatic heterocycles. The second-order valence-electron chi connectivity index (χ2n) is 6.40. The minimum atomic E-state index is -3.51. The summed E-state index contributed by atoms with van der Waals surface area (Å²) in [6.45, 7) is 3.64. The average Bonchev–Trinajstić information content (AvgIpc) is 2.66. The lowest BCUT2D eigenvalue weighted by Gasteiger charge is -2.15. The number of rotatable bonds is 8. The van der Waals surface area contributed by atoms with Gasteiger partial charge in [-0.3, -0.25) is 0 Å². The Bertz CT molecular complexity index is 914. The van der Waals surface area contributed by atoms with Crippen molar-refractivity contribution >= 4 is 27.6 Å². The number of halogens is 1. The van der Waals surface area contributed by atoms with Crippen LogP contribution in [0.4, 0.5) is 0 Å². The van der Waals surface area contributed by atoms with Crippen molar-refractivity contribution in [3.63, 3.8) is 0 Å². The van der Waals surface area contributed by atoms with Crippen molar-refractivity contribution in [2.24, 2.45) is 4.99 Å². The van der Waals surface area contributed by atoms with Crippen molar-refractivity contribution in [1.29, 1.82) is 0 Å². The lowest BCUT2D eigenvalue weighted by molar-refractivity contribution is 0.519. The Kier molecular flexibility index (Phi) is 8.29. The molecule has 0 saturated heterocycles. The largest absolute Gasteiger partial charge is 0.357 e. The van der Waals surface area contributed by atoms with Gasteiger partial charge in [0.1, 0.15) is 0 Å². The van der Waals surface area contributed by atoms with Gasteiger partial charge >= 0.3 is 0 Å². The molecular formula is C20H27ClN4O2S. The van der Waals surface area contributed by atoms with Gasteiger partial charge in [-0.05, 0) is 42.7 Å². The van der Waals surface area contributed by atoms with E-state index in [-0.39, 0.29) is 11.4 Å². The standard InChI is InChI=1S/C20H27ClN4O2S/c1-4-22-20(23-13-12-16-8-7-10-18(21)14-16)24-15-17-9-5-6-11-19(17)28(26,27)25(2)3/h5-11,14H,4,12-13,15H2,1-3H3,(H2,22,23,24). The van der Waals surface area contributed by atoms with Crippen molar-refractivity contribution in [2.75, 3.05) is 27.2 Å². The van der Waals surface area contributed by atoms with E-state index in [4.69, 9.17) is 11.6 Å². The molecule has 0 atom stereocenters. The second kappa shape index (κ2) is 10.5. The van der Waals surface area contributed by atoms with Gasteiger partial charge in [0, 0.05) is 32.2 Å². The first-order chi connectivity index (χ1) is 13.3. The lowest BCUT2D eigenvalue weighted by atomic mass is 10.1. The van der Waals surface area contributed by atoms with E-state index < -0.39 is 10.0 Å². The van der Waals surface area contributed by atoms with Crippen LogP contribution in [0.2, 0.25) is 5.02 Å². The Hall–Kier alpha value is -2.09. The Balaban J connectivity index is 2.09. The molecule has 28 heavy (non-hydrogen) atoms. The van der Waals surface area contributed by atoms with E-state index in [1.807, 2.05) is 37.3 Å². The van der Waals surface area contributed by atoms with E-state index >= 15 is 0 Å². The number of sulfonamides is 1. The number of guanidine groups is 1. The van der Waals surface area contributed by atoms with Crippen LogP contribution in [0.1, 0.15) is 18.1 Å².